The summed E-state index contributed by atoms with van der Waals surface area (Å²) in [6.07, 6.45) is -7.82. The zero-order valence-corrected chi connectivity index (χ0v) is 23.4. The number of nitrogens with one attached hydrogen (secondary N) is 1. The van der Waals surface area contributed by atoms with Crippen LogP contribution in [0.25, 0.3) is 11.3 Å². The maximum Gasteiger partial charge on any atom is 0.416 e. The second-order valence-electron chi connectivity index (χ2n) is 10.5. The Balaban J connectivity index is 1.59. The summed E-state index contributed by atoms with van der Waals surface area (Å²) in [5, 5.41) is 3.22. The zero-order valence-electron chi connectivity index (χ0n) is 23.4. The largest absolute Gasteiger partial charge is 0.416 e. The number of aromatic nitrogens is 2. The van der Waals surface area contributed by atoms with Gasteiger partial charge in [-0.05, 0) is 48.9 Å². The van der Waals surface area contributed by atoms with Crippen molar-refractivity contribution in [3.05, 3.63) is 83.1 Å². The number of amides is 1. The van der Waals surface area contributed by atoms with Gasteiger partial charge < -0.3 is 20.0 Å². The fraction of sp³-hybridized carbons (Fsp3) is 0.367. The molecule has 13 heteroatoms. The molecule has 5 rings (SSSR count). The molecule has 0 bridgehead atoms. The number of carbonyl (C=O) groups is 1. The molecule has 0 spiro atoms. The summed E-state index contributed by atoms with van der Waals surface area (Å²) in [6.45, 7) is 8.36. The van der Waals surface area contributed by atoms with Crippen molar-refractivity contribution in [3.8, 4) is 11.3 Å². The van der Waals surface area contributed by atoms with E-state index in [2.05, 4.69) is 16.8 Å². The molecule has 0 unspecified atom stereocenters. The first-order valence-corrected chi connectivity index (χ1v) is 13.8. The molecule has 1 fully saturated rings. The minimum Gasteiger partial charge on any atom is -0.374 e. The standard InChI is InChI=1S/C30H30F6N6O/c1-3-40-11-13-41(14-12-40)28-38-25(23-8-5-4-7-19(23)2)24-26(39-28)37-9-6-10-42(27(24)43)18-20-15-21(29(31,32)33)17-22(16-20)30(34,35)36/h3-5,7-8,15-17H,1,6,9-14,18H2,2H3,(H,37,38,39). The van der Waals surface area contributed by atoms with Crippen molar-refractivity contribution in [1.82, 2.24) is 19.8 Å². The summed E-state index contributed by atoms with van der Waals surface area (Å²) < 4.78 is 81.2. The van der Waals surface area contributed by atoms with Crippen LogP contribution in [0, 0.1) is 6.92 Å². The van der Waals surface area contributed by atoms with Crippen molar-refractivity contribution in [1.29, 1.82) is 0 Å². The van der Waals surface area contributed by atoms with Gasteiger partial charge in [-0.3, -0.25) is 4.79 Å². The van der Waals surface area contributed by atoms with E-state index in [0.29, 0.717) is 68.5 Å². The van der Waals surface area contributed by atoms with E-state index in [1.165, 1.54) is 4.90 Å². The Morgan fingerprint density at radius 2 is 1.58 bits per heavy atom. The smallest absolute Gasteiger partial charge is 0.374 e. The molecule has 0 aliphatic carbocycles. The first kappa shape index (κ1) is 30.2. The van der Waals surface area contributed by atoms with Crippen LogP contribution in [0.5, 0.6) is 0 Å². The average Bonchev–Trinajstić information content (AvgIpc) is 2.96. The molecular formula is C30H30F6N6O. The lowest BCUT2D eigenvalue weighted by atomic mass is 9.99. The summed E-state index contributed by atoms with van der Waals surface area (Å²) in [5.41, 5.74) is -1.17. The molecule has 1 amide bonds. The minimum atomic E-state index is -4.99. The molecule has 1 aromatic heterocycles. The van der Waals surface area contributed by atoms with Crippen LogP contribution in [-0.4, -0.2) is 64.9 Å². The Kier molecular flexibility index (Phi) is 8.26. The predicted octanol–water partition coefficient (Wildman–Crippen LogP) is 6.21. The lowest BCUT2D eigenvalue weighted by Gasteiger charge is -2.35. The number of carbonyl (C=O) groups excluding carboxylic acids is 1. The van der Waals surface area contributed by atoms with Gasteiger partial charge in [0.1, 0.15) is 11.4 Å². The summed E-state index contributed by atoms with van der Waals surface area (Å²) in [7, 11) is 0. The molecule has 2 aliphatic heterocycles. The second-order valence-corrected chi connectivity index (χ2v) is 10.5. The number of hydrogen-bond donors (Lipinski definition) is 1. The molecule has 3 heterocycles. The summed E-state index contributed by atoms with van der Waals surface area (Å²) in [6, 6.07) is 8.73. The molecule has 1 N–H and O–H groups in total. The molecule has 1 saturated heterocycles. The van der Waals surface area contributed by atoms with Crippen molar-refractivity contribution >= 4 is 17.7 Å². The van der Waals surface area contributed by atoms with E-state index in [1.54, 1.807) is 12.3 Å². The van der Waals surface area contributed by atoms with Crippen molar-refractivity contribution in [3.63, 3.8) is 0 Å². The number of nitrogens with zero attached hydrogens (tertiary/aromatic N) is 5. The van der Waals surface area contributed by atoms with Gasteiger partial charge in [-0.25, -0.2) is 4.98 Å². The van der Waals surface area contributed by atoms with E-state index in [1.807, 2.05) is 30.0 Å². The number of alkyl halides is 6. The number of rotatable bonds is 5. The lowest BCUT2D eigenvalue weighted by molar-refractivity contribution is -0.143. The van der Waals surface area contributed by atoms with Crippen LogP contribution in [0.2, 0.25) is 0 Å². The third kappa shape index (κ3) is 6.55. The predicted molar refractivity (Wildman–Crippen MR) is 150 cm³/mol. The van der Waals surface area contributed by atoms with Crippen molar-refractivity contribution in [2.75, 3.05) is 49.5 Å². The van der Waals surface area contributed by atoms with Gasteiger partial charge in [0.25, 0.3) is 5.91 Å². The number of halogens is 6. The van der Waals surface area contributed by atoms with Crippen LogP contribution < -0.4 is 10.2 Å². The van der Waals surface area contributed by atoms with Gasteiger partial charge in [-0.1, -0.05) is 30.8 Å². The Hall–Kier alpha value is -4.29. The van der Waals surface area contributed by atoms with Crippen molar-refractivity contribution in [2.45, 2.75) is 32.2 Å². The van der Waals surface area contributed by atoms with Gasteiger partial charge in [0.15, 0.2) is 0 Å². The molecule has 0 atom stereocenters. The maximum absolute atomic E-state index is 14.2. The Morgan fingerprint density at radius 3 is 2.19 bits per heavy atom. The first-order valence-electron chi connectivity index (χ1n) is 13.8. The quantitative estimate of drug-likeness (QED) is 0.350. The van der Waals surface area contributed by atoms with Crippen molar-refractivity contribution < 1.29 is 31.1 Å². The second kappa shape index (κ2) is 11.8. The van der Waals surface area contributed by atoms with Crippen LogP contribution in [0.1, 0.15) is 39.0 Å². The van der Waals surface area contributed by atoms with Crippen molar-refractivity contribution in [2.24, 2.45) is 0 Å². The van der Waals surface area contributed by atoms with Crippen LogP contribution in [-0.2, 0) is 18.9 Å². The van der Waals surface area contributed by atoms with Gasteiger partial charge >= 0.3 is 12.4 Å². The molecule has 0 radical (unpaired) electrons. The average molecular weight is 605 g/mol. The summed E-state index contributed by atoms with van der Waals surface area (Å²) in [5.74, 6) is 0.0967. The Labute approximate surface area is 244 Å². The van der Waals surface area contributed by atoms with Gasteiger partial charge in [0, 0.05) is 51.4 Å². The monoisotopic (exact) mass is 604 g/mol. The molecule has 0 saturated carbocycles. The van der Waals surface area contributed by atoms with Gasteiger partial charge in [-0.15, -0.1) is 0 Å². The Bertz CT molecular complexity index is 1480. The molecular weight excluding hydrogens is 574 g/mol. The van der Waals surface area contributed by atoms with Crippen LogP contribution in [0.15, 0.2) is 55.2 Å². The number of fused-ring (bicyclic) bond motifs is 1. The topological polar surface area (TPSA) is 64.6 Å². The van der Waals surface area contributed by atoms with E-state index in [-0.39, 0.29) is 29.6 Å². The van der Waals surface area contributed by atoms with Crippen LogP contribution in [0.3, 0.4) is 0 Å². The van der Waals surface area contributed by atoms with Crippen LogP contribution >= 0.6 is 0 Å². The number of aryl methyl sites for hydroxylation is 1. The normalized spacial score (nSPS) is 16.3. The fourth-order valence-electron chi connectivity index (χ4n) is 5.28. The van der Waals surface area contributed by atoms with Crippen LogP contribution in [0.4, 0.5) is 38.1 Å². The van der Waals surface area contributed by atoms with E-state index >= 15 is 0 Å². The molecule has 2 aromatic carbocycles. The van der Waals surface area contributed by atoms with Gasteiger partial charge in [0.2, 0.25) is 5.95 Å². The highest BCUT2D eigenvalue weighted by molar-refractivity contribution is 6.05. The third-order valence-corrected chi connectivity index (χ3v) is 7.57. The maximum atomic E-state index is 14.2. The lowest BCUT2D eigenvalue weighted by Crippen LogP contribution is -2.45. The highest BCUT2D eigenvalue weighted by Gasteiger charge is 2.37. The summed E-state index contributed by atoms with van der Waals surface area (Å²) >= 11 is 0. The highest BCUT2D eigenvalue weighted by Crippen LogP contribution is 2.38. The van der Waals surface area contributed by atoms with E-state index < -0.39 is 35.9 Å². The number of piperazine rings is 1. The highest BCUT2D eigenvalue weighted by atomic mass is 19.4. The number of anilines is 2. The first-order chi connectivity index (χ1) is 20.3. The molecule has 3 aromatic rings. The van der Waals surface area contributed by atoms with Gasteiger partial charge in [-0.2, -0.15) is 31.3 Å². The molecule has 228 valence electrons. The summed E-state index contributed by atoms with van der Waals surface area (Å²) in [4.78, 5) is 29.0. The SMILES string of the molecule is C=CN1CCN(c2nc3c(c(-c4ccccc4C)n2)C(=O)N(Cc2cc(C(F)(F)F)cc(C(F)(F)F)c2)CCCN3)CC1. The zero-order chi connectivity index (χ0) is 30.9. The van der Waals surface area contributed by atoms with E-state index in [4.69, 9.17) is 9.97 Å². The van der Waals surface area contributed by atoms with E-state index in [9.17, 15) is 31.1 Å². The molecule has 7 nitrogen and oxygen atoms in total. The third-order valence-electron chi connectivity index (χ3n) is 7.57. The molecule has 43 heavy (non-hydrogen) atoms. The van der Waals surface area contributed by atoms with E-state index in [0.717, 1.165) is 5.56 Å². The Morgan fingerprint density at radius 1 is 0.930 bits per heavy atom. The fourth-order valence-corrected chi connectivity index (χ4v) is 5.28. The van der Waals surface area contributed by atoms with Gasteiger partial charge in [0.05, 0.1) is 16.8 Å². The minimum absolute atomic E-state index is 0.0819. The number of hydrogen-bond acceptors (Lipinski definition) is 6. The molecule has 2 aliphatic rings. The number of benzene rings is 2.